The summed E-state index contributed by atoms with van der Waals surface area (Å²) in [6.45, 7) is 4.19. The molecule has 0 saturated carbocycles. The van der Waals surface area contributed by atoms with Crippen LogP contribution in [0.4, 0.5) is 0 Å². The average Bonchev–Trinajstić information content (AvgIpc) is 2.30. The minimum absolute atomic E-state index is 0.000643. The van der Waals surface area contributed by atoms with Crippen molar-refractivity contribution < 1.29 is 9.53 Å². The maximum Gasteiger partial charge on any atom is 0.216 e. The summed E-state index contributed by atoms with van der Waals surface area (Å²) in [5.74, 6) is 0.624. The Balaban J connectivity index is 2.50. The van der Waals surface area contributed by atoms with Crippen LogP contribution in [0.5, 0.6) is 5.88 Å². The lowest BCUT2D eigenvalue weighted by atomic mass is 10.1. The van der Waals surface area contributed by atoms with E-state index in [9.17, 15) is 4.79 Å². The fourth-order valence-corrected chi connectivity index (χ4v) is 1.37. The molecule has 0 unspecified atom stereocenters. The molecule has 0 spiro atoms. The van der Waals surface area contributed by atoms with Crippen LogP contribution < -0.4 is 10.1 Å². The molecule has 1 amide bonds. The molecule has 4 nitrogen and oxygen atoms in total. The Morgan fingerprint density at radius 1 is 1.59 bits per heavy atom. The number of hydrogen-bond acceptors (Lipinski definition) is 3. The summed E-state index contributed by atoms with van der Waals surface area (Å²) in [4.78, 5) is 14.8. The molecule has 17 heavy (non-hydrogen) atoms. The van der Waals surface area contributed by atoms with Crippen LogP contribution in [0.15, 0.2) is 18.3 Å². The lowest BCUT2D eigenvalue weighted by Crippen LogP contribution is -2.20. The summed E-state index contributed by atoms with van der Waals surface area (Å²) >= 11 is 0. The van der Waals surface area contributed by atoms with Crippen molar-refractivity contribution in [3.8, 4) is 5.88 Å². The summed E-state index contributed by atoms with van der Waals surface area (Å²) in [5.41, 5.74) is 2.18. The maximum absolute atomic E-state index is 10.6. The molecule has 0 bridgehead atoms. The van der Waals surface area contributed by atoms with Gasteiger partial charge in [0.15, 0.2) is 0 Å². The van der Waals surface area contributed by atoms with E-state index in [1.807, 2.05) is 25.1 Å². The molecule has 0 radical (unpaired) electrons. The highest BCUT2D eigenvalue weighted by Gasteiger charge is 1.97. The van der Waals surface area contributed by atoms with Gasteiger partial charge < -0.3 is 10.1 Å². The van der Waals surface area contributed by atoms with E-state index in [4.69, 9.17) is 4.74 Å². The van der Waals surface area contributed by atoms with E-state index < -0.39 is 0 Å². The van der Waals surface area contributed by atoms with Gasteiger partial charge in [-0.3, -0.25) is 4.79 Å². The molecule has 1 heterocycles. The zero-order valence-corrected chi connectivity index (χ0v) is 10.5. The standard InChI is InChI=1S/C13H18N2O2/c1-10-8-13(17-3)15-9-12(10)6-4-5-7-14-11(2)16/h4,6,8-9H,5,7H2,1-3H3,(H,14,16). The Morgan fingerprint density at radius 2 is 2.35 bits per heavy atom. The average molecular weight is 234 g/mol. The molecule has 4 heteroatoms. The number of pyridine rings is 1. The van der Waals surface area contributed by atoms with E-state index in [1.165, 1.54) is 6.92 Å². The smallest absolute Gasteiger partial charge is 0.216 e. The van der Waals surface area contributed by atoms with Gasteiger partial charge in [0, 0.05) is 25.7 Å². The number of carbonyl (C=O) groups is 1. The summed E-state index contributed by atoms with van der Waals surface area (Å²) in [6, 6.07) is 1.90. The van der Waals surface area contributed by atoms with Gasteiger partial charge in [0.2, 0.25) is 11.8 Å². The SMILES string of the molecule is COc1cc(C)c(C=CCCNC(C)=O)cn1. The van der Waals surface area contributed by atoms with Gasteiger partial charge >= 0.3 is 0 Å². The molecule has 0 aliphatic heterocycles. The fraction of sp³-hybridized carbons (Fsp3) is 0.385. The van der Waals surface area contributed by atoms with Gasteiger partial charge in [-0.1, -0.05) is 12.2 Å². The van der Waals surface area contributed by atoms with E-state index in [0.29, 0.717) is 12.4 Å². The third-order valence-electron chi connectivity index (χ3n) is 2.32. The van der Waals surface area contributed by atoms with Crippen molar-refractivity contribution in [1.82, 2.24) is 10.3 Å². The number of carbonyl (C=O) groups excluding carboxylic acids is 1. The summed E-state index contributed by atoms with van der Waals surface area (Å²) in [5, 5.41) is 2.74. The number of nitrogens with one attached hydrogen (secondary N) is 1. The van der Waals surface area contributed by atoms with Crippen LogP contribution in [0.1, 0.15) is 24.5 Å². The second kappa shape index (κ2) is 6.68. The zero-order valence-electron chi connectivity index (χ0n) is 10.5. The Labute approximate surface area is 102 Å². The first-order valence-corrected chi connectivity index (χ1v) is 5.55. The van der Waals surface area contributed by atoms with Crippen molar-refractivity contribution in [2.75, 3.05) is 13.7 Å². The quantitative estimate of drug-likeness (QED) is 0.792. The van der Waals surface area contributed by atoms with Crippen LogP contribution in [-0.4, -0.2) is 24.5 Å². The fourth-order valence-electron chi connectivity index (χ4n) is 1.37. The van der Waals surface area contributed by atoms with Crippen LogP contribution in [0, 0.1) is 6.92 Å². The van der Waals surface area contributed by atoms with Crippen molar-refractivity contribution in [3.63, 3.8) is 0 Å². The third-order valence-corrected chi connectivity index (χ3v) is 2.32. The van der Waals surface area contributed by atoms with E-state index in [1.54, 1.807) is 13.3 Å². The second-order valence-electron chi connectivity index (χ2n) is 3.76. The van der Waals surface area contributed by atoms with Crippen LogP contribution in [0.25, 0.3) is 6.08 Å². The molecule has 1 aromatic rings. The van der Waals surface area contributed by atoms with Gasteiger partial charge in [-0.15, -0.1) is 0 Å². The lowest BCUT2D eigenvalue weighted by molar-refractivity contribution is -0.118. The van der Waals surface area contributed by atoms with Crippen molar-refractivity contribution in [2.24, 2.45) is 0 Å². The zero-order chi connectivity index (χ0) is 12.7. The van der Waals surface area contributed by atoms with E-state index in [-0.39, 0.29) is 5.91 Å². The summed E-state index contributed by atoms with van der Waals surface area (Å²) < 4.78 is 5.04. The number of aryl methyl sites for hydroxylation is 1. The Kier molecular flexibility index (Phi) is 5.20. The van der Waals surface area contributed by atoms with Crippen molar-refractivity contribution >= 4 is 12.0 Å². The predicted octanol–water partition coefficient (Wildman–Crippen LogP) is 1.94. The number of ether oxygens (including phenoxy) is 1. The van der Waals surface area contributed by atoms with Crippen LogP contribution in [0.2, 0.25) is 0 Å². The highest BCUT2D eigenvalue weighted by atomic mass is 16.5. The van der Waals surface area contributed by atoms with E-state index in [0.717, 1.165) is 17.5 Å². The predicted molar refractivity (Wildman–Crippen MR) is 67.9 cm³/mol. The normalized spacial score (nSPS) is 10.5. The highest BCUT2D eigenvalue weighted by Crippen LogP contribution is 2.14. The molecule has 0 fully saturated rings. The molecule has 1 aromatic heterocycles. The van der Waals surface area contributed by atoms with Gasteiger partial charge in [0.1, 0.15) is 0 Å². The number of amides is 1. The van der Waals surface area contributed by atoms with Gasteiger partial charge in [0.05, 0.1) is 7.11 Å². The van der Waals surface area contributed by atoms with Crippen molar-refractivity contribution in [2.45, 2.75) is 20.3 Å². The highest BCUT2D eigenvalue weighted by molar-refractivity contribution is 5.72. The summed E-state index contributed by atoms with van der Waals surface area (Å²) in [7, 11) is 1.60. The molecule has 1 rings (SSSR count). The van der Waals surface area contributed by atoms with E-state index >= 15 is 0 Å². The van der Waals surface area contributed by atoms with E-state index in [2.05, 4.69) is 10.3 Å². The second-order valence-corrected chi connectivity index (χ2v) is 3.76. The first-order chi connectivity index (χ1) is 8.13. The molecular weight excluding hydrogens is 216 g/mol. The molecule has 92 valence electrons. The first kappa shape index (κ1) is 13.2. The Bertz CT molecular complexity index is 414. The summed E-state index contributed by atoms with van der Waals surface area (Å²) in [6.07, 6.45) is 6.62. The van der Waals surface area contributed by atoms with Crippen molar-refractivity contribution in [3.05, 3.63) is 29.5 Å². The minimum Gasteiger partial charge on any atom is -0.481 e. The van der Waals surface area contributed by atoms with Gasteiger partial charge in [0.25, 0.3) is 0 Å². The number of aromatic nitrogens is 1. The minimum atomic E-state index is 0.000643. The van der Waals surface area contributed by atoms with Crippen LogP contribution in [-0.2, 0) is 4.79 Å². The van der Waals surface area contributed by atoms with Crippen LogP contribution >= 0.6 is 0 Å². The van der Waals surface area contributed by atoms with Crippen molar-refractivity contribution in [1.29, 1.82) is 0 Å². The molecule has 0 atom stereocenters. The molecule has 0 aromatic carbocycles. The third kappa shape index (κ3) is 4.68. The molecule has 1 N–H and O–H groups in total. The van der Waals surface area contributed by atoms with Gasteiger partial charge in [-0.05, 0) is 24.5 Å². The first-order valence-electron chi connectivity index (χ1n) is 5.55. The number of methoxy groups -OCH3 is 1. The largest absolute Gasteiger partial charge is 0.481 e. The topological polar surface area (TPSA) is 51.2 Å². The van der Waals surface area contributed by atoms with Crippen LogP contribution in [0.3, 0.4) is 0 Å². The number of hydrogen-bond donors (Lipinski definition) is 1. The van der Waals surface area contributed by atoms with Gasteiger partial charge in [-0.25, -0.2) is 4.98 Å². The molecule has 0 aliphatic rings. The van der Waals surface area contributed by atoms with Gasteiger partial charge in [-0.2, -0.15) is 0 Å². The lowest BCUT2D eigenvalue weighted by Gasteiger charge is -2.03. The molecule has 0 aliphatic carbocycles. The number of nitrogens with zero attached hydrogens (tertiary/aromatic N) is 1. The molecule has 0 saturated heterocycles. The monoisotopic (exact) mass is 234 g/mol. The maximum atomic E-state index is 10.6. The Morgan fingerprint density at radius 3 is 2.94 bits per heavy atom. The Hall–Kier alpha value is -1.84. The number of rotatable bonds is 5. The molecular formula is C13H18N2O2.